The summed E-state index contributed by atoms with van der Waals surface area (Å²) in [7, 11) is -4.67. The van der Waals surface area contributed by atoms with Crippen LogP contribution in [-0.4, -0.2) is 150 Å². The summed E-state index contributed by atoms with van der Waals surface area (Å²) >= 11 is 0. The van der Waals surface area contributed by atoms with Gasteiger partial charge in [-0.05, 0) is 61.4 Å². The van der Waals surface area contributed by atoms with Crippen LogP contribution >= 0.6 is 0 Å². The second-order valence-corrected chi connectivity index (χ2v) is 21.8. The van der Waals surface area contributed by atoms with Crippen molar-refractivity contribution in [2.75, 3.05) is 84.8 Å². The molecule has 21 heteroatoms. The molecule has 0 amide bonds. The first-order chi connectivity index (χ1) is 29.1. The fourth-order valence-corrected chi connectivity index (χ4v) is 9.02. The highest BCUT2D eigenvalue weighted by Gasteiger charge is 2.29. The number of carboxylic acid groups (broad SMARTS) is 1. The van der Waals surface area contributed by atoms with E-state index in [4.69, 9.17) is 23.3 Å². The Morgan fingerprint density at radius 2 is 1.00 bits per heavy atom. The topological polar surface area (TPSA) is 249 Å². The van der Waals surface area contributed by atoms with Crippen molar-refractivity contribution in [2.24, 2.45) is 0 Å². The van der Waals surface area contributed by atoms with Gasteiger partial charge in [0.25, 0.3) is 30.4 Å². The standard InChI is InChI=1S/C42H57N3O15S3/c1-30-26-32(41(46)47)27-31(2)40(30)60-42(48)39-35-28-33(58-21-8-17-44(3,4)19-10-24-62(52,53)54)12-14-37(35)43(16-7-23-61(49,50)51)38-15-13-34(29-36(38)39)59-22-9-18-45(5,6)20-11-25-63(55,56)57/h12-15,26-29H,7-11,16-25H2,1-6H3,(H-3,46,47,49,50,51,52,53,54,55,56,57)/p+3. The van der Waals surface area contributed by atoms with Gasteiger partial charge in [-0.2, -0.15) is 29.8 Å². The number of ether oxygens (including phenoxy) is 3. The molecule has 1 aromatic heterocycles. The number of aryl methyl sites for hydroxylation is 3. The predicted octanol–water partition coefficient (Wildman–Crippen LogP) is 4.34. The monoisotopic (exact) mass is 942 g/mol. The Morgan fingerprint density at radius 1 is 0.603 bits per heavy atom. The van der Waals surface area contributed by atoms with E-state index in [1.165, 1.54) is 12.1 Å². The van der Waals surface area contributed by atoms with Crippen LogP contribution in [0.15, 0.2) is 48.5 Å². The first kappa shape index (κ1) is 51.2. The van der Waals surface area contributed by atoms with Crippen LogP contribution in [-0.2, 0) is 36.9 Å². The van der Waals surface area contributed by atoms with Gasteiger partial charge in [-0.1, -0.05) is 0 Å². The van der Waals surface area contributed by atoms with E-state index in [2.05, 4.69) is 0 Å². The summed E-state index contributed by atoms with van der Waals surface area (Å²) in [5.41, 5.74) is 2.01. The maximum absolute atomic E-state index is 14.6. The van der Waals surface area contributed by atoms with Crippen molar-refractivity contribution >= 4 is 64.1 Å². The smallest absolute Gasteiger partial charge is 0.345 e. The van der Waals surface area contributed by atoms with E-state index in [-0.39, 0.29) is 67.4 Å². The van der Waals surface area contributed by atoms with Crippen LogP contribution in [0, 0.1) is 13.8 Å². The van der Waals surface area contributed by atoms with Crippen molar-refractivity contribution in [1.29, 1.82) is 0 Å². The second-order valence-electron chi connectivity index (χ2n) is 17.1. The molecule has 0 spiro atoms. The number of rotatable bonds is 25. The van der Waals surface area contributed by atoms with Crippen molar-refractivity contribution in [2.45, 2.75) is 52.5 Å². The van der Waals surface area contributed by atoms with Crippen molar-refractivity contribution in [3.8, 4) is 17.2 Å². The molecule has 4 N–H and O–H groups in total. The first-order valence-electron chi connectivity index (χ1n) is 20.4. The number of nitrogens with zero attached hydrogens (tertiary/aromatic N) is 3. The number of benzene rings is 3. The molecule has 4 rings (SSSR count). The number of esters is 1. The van der Waals surface area contributed by atoms with Crippen molar-refractivity contribution in [3.63, 3.8) is 0 Å². The molecule has 18 nitrogen and oxygen atoms in total. The summed E-state index contributed by atoms with van der Waals surface area (Å²) in [4.78, 5) is 26.4. The maximum Gasteiger partial charge on any atom is 0.345 e. The summed E-state index contributed by atoms with van der Waals surface area (Å²) in [6.45, 7) is 6.17. The van der Waals surface area contributed by atoms with Gasteiger partial charge in [0.05, 0.1) is 107 Å². The molecular formula is C42H60N3O15S3+3. The van der Waals surface area contributed by atoms with Crippen LogP contribution in [0.1, 0.15) is 63.9 Å². The van der Waals surface area contributed by atoms with E-state index in [9.17, 15) is 44.5 Å². The van der Waals surface area contributed by atoms with Gasteiger partial charge in [0.1, 0.15) is 17.2 Å². The lowest BCUT2D eigenvalue weighted by atomic mass is 10.0. The quantitative estimate of drug-likeness (QED) is 0.0137. The lowest BCUT2D eigenvalue weighted by Crippen LogP contribution is -2.42. The molecule has 0 unspecified atom stereocenters. The van der Waals surface area contributed by atoms with E-state index in [1.54, 1.807) is 50.2 Å². The van der Waals surface area contributed by atoms with E-state index >= 15 is 0 Å². The Bertz CT molecular complexity index is 2510. The first-order valence-corrected chi connectivity index (χ1v) is 25.2. The van der Waals surface area contributed by atoms with Crippen LogP contribution in [0.25, 0.3) is 21.8 Å². The van der Waals surface area contributed by atoms with Gasteiger partial charge in [-0.25, -0.2) is 9.59 Å². The maximum atomic E-state index is 14.6. The highest BCUT2D eigenvalue weighted by atomic mass is 32.2. The van der Waals surface area contributed by atoms with Gasteiger partial charge in [-0.15, -0.1) is 0 Å². The van der Waals surface area contributed by atoms with Gasteiger partial charge in [0.2, 0.25) is 11.0 Å². The molecule has 3 aromatic carbocycles. The van der Waals surface area contributed by atoms with Gasteiger partial charge in [0.15, 0.2) is 6.54 Å². The summed E-state index contributed by atoms with van der Waals surface area (Å²) in [6, 6.07) is 13.1. The van der Waals surface area contributed by atoms with Crippen LogP contribution in [0.5, 0.6) is 17.2 Å². The molecule has 0 atom stereocenters. The third kappa shape index (κ3) is 16.2. The van der Waals surface area contributed by atoms with Gasteiger partial charge < -0.3 is 28.3 Å². The Labute approximate surface area is 369 Å². The number of hydrogen-bond acceptors (Lipinski definition) is 11. The van der Waals surface area contributed by atoms with Crippen molar-refractivity contribution in [3.05, 3.63) is 70.8 Å². The Balaban J connectivity index is 1.76. The molecule has 63 heavy (non-hydrogen) atoms. The fraction of sp³-hybridized carbons (Fsp3) is 0.500. The molecule has 0 aliphatic rings. The number of carbonyl (C=O) groups is 2. The number of hydrogen-bond donors (Lipinski definition) is 4. The molecule has 0 aliphatic heterocycles. The van der Waals surface area contributed by atoms with E-state index in [0.29, 0.717) is 92.4 Å². The second kappa shape index (κ2) is 21.0. The molecular weight excluding hydrogens is 883 g/mol. The third-order valence-electron chi connectivity index (χ3n) is 10.6. The average Bonchev–Trinajstić information content (AvgIpc) is 3.14. The number of carbonyl (C=O) groups excluding carboxylic acids is 1. The molecule has 348 valence electrons. The summed E-state index contributed by atoms with van der Waals surface area (Å²) in [6.07, 6.45) is 1.74. The third-order valence-corrected chi connectivity index (χ3v) is 13.0. The van der Waals surface area contributed by atoms with E-state index in [0.717, 1.165) is 0 Å². The van der Waals surface area contributed by atoms with Crippen LogP contribution in [0.2, 0.25) is 0 Å². The van der Waals surface area contributed by atoms with E-state index in [1.807, 2.05) is 32.8 Å². The Kier molecular flexibility index (Phi) is 17.1. The minimum atomic E-state index is -4.30. The largest absolute Gasteiger partial charge is 0.493 e. The number of pyridine rings is 1. The Morgan fingerprint density at radius 3 is 1.40 bits per heavy atom. The Hall–Kier alpha value is -4.48. The molecule has 0 saturated heterocycles. The highest BCUT2D eigenvalue weighted by Crippen LogP contribution is 2.33. The van der Waals surface area contributed by atoms with Gasteiger partial charge in [-0.3, -0.25) is 13.7 Å². The molecule has 4 aromatic rings. The number of aromatic nitrogens is 1. The number of quaternary nitrogens is 2. The minimum absolute atomic E-state index is 0.0236. The molecule has 0 fully saturated rings. The normalized spacial score (nSPS) is 12.8. The van der Waals surface area contributed by atoms with Crippen molar-refractivity contribution < 1.29 is 81.4 Å². The molecule has 0 bridgehead atoms. The van der Waals surface area contributed by atoms with Gasteiger partial charge >= 0.3 is 11.9 Å². The highest BCUT2D eigenvalue weighted by molar-refractivity contribution is 7.86. The van der Waals surface area contributed by atoms with Crippen molar-refractivity contribution in [1.82, 2.24) is 0 Å². The summed E-state index contributed by atoms with van der Waals surface area (Å²) in [5, 5.41) is 10.4. The van der Waals surface area contributed by atoms with Crippen LogP contribution in [0.4, 0.5) is 0 Å². The lowest BCUT2D eigenvalue weighted by Gasteiger charge is -2.29. The molecule has 1 heterocycles. The van der Waals surface area contributed by atoms with E-state index < -0.39 is 48.0 Å². The number of aromatic carboxylic acids is 1. The van der Waals surface area contributed by atoms with Crippen LogP contribution in [0.3, 0.4) is 0 Å². The molecule has 0 radical (unpaired) electrons. The zero-order chi connectivity index (χ0) is 47.0. The number of carboxylic acids is 1. The van der Waals surface area contributed by atoms with Gasteiger partial charge in [0, 0.05) is 44.2 Å². The summed E-state index contributed by atoms with van der Waals surface area (Å²) < 4.78 is 117. The number of fused-ring (bicyclic) bond motifs is 2. The van der Waals surface area contributed by atoms with Crippen LogP contribution < -0.4 is 18.8 Å². The zero-order valence-electron chi connectivity index (χ0n) is 36.6. The fourth-order valence-electron chi connectivity index (χ4n) is 7.54. The molecule has 0 aliphatic carbocycles. The minimum Gasteiger partial charge on any atom is -0.493 e. The summed E-state index contributed by atoms with van der Waals surface area (Å²) in [5.74, 6) is -2.12. The zero-order valence-corrected chi connectivity index (χ0v) is 39.0. The lowest BCUT2D eigenvalue weighted by molar-refractivity contribution is -0.890. The predicted molar refractivity (Wildman–Crippen MR) is 236 cm³/mol. The molecule has 0 saturated carbocycles. The average molecular weight is 943 g/mol. The SMILES string of the molecule is Cc1cc(C(=O)O)cc(C)c1OC(=O)c1c2cc(OCCC[N+](C)(C)CCCS(=O)(=O)O)ccc2[n+](CCCS(=O)(=O)O)c2ccc(OCCC[N+](C)(C)CCCS(=O)(=O)O)cc12.